The van der Waals surface area contributed by atoms with Gasteiger partial charge in [0.25, 0.3) is 11.8 Å². The number of nitrogens with one attached hydrogen (secondary N) is 2. The van der Waals surface area contributed by atoms with Crippen LogP contribution in [0.4, 0.5) is 0 Å². The van der Waals surface area contributed by atoms with E-state index in [9.17, 15) is 9.59 Å². The lowest BCUT2D eigenvalue weighted by Gasteiger charge is -2.11. The second-order valence-electron chi connectivity index (χ2n) is 5.14. The molecule has 2 N–H and O–H groups in total. The van der Waals surface area contributed by atoms with E-state index in [1.54, 1.807) is 36.4 Å². The van der Waals surface area contributed by atoms with Crippen LogP contribution in [0.3, 0.4) is 0 Å². The summed E-state index contributed by atoms with van der Waals surface area (Å²) in [7, 11) is 0. The molecule has 25 heavy (non-hydrogen) atoms. The van der Waals surface area contributed by atoms with Crippen LogP contribution in [0, 0.1) is 0 Å². The Bertz CT molecular complexity index is 689. The van der Waals surface area contributed by atoms with Crippen molar-refractivity contribution in [3.63, 3.8) is 0 Å². The second-order valence-corrected chi connectivity index (χ2v) is 5.14. The average molecular weight is 342 g/mol. The molecular weight excluding hydrogens is 320 g/mol. The summed E-state index contributed by atoms with van der Waals surface area (Å²) in [6.07, 6.45) is 0. The molecule has 0 aliphatic carbocycles. The quantitative estimate of drug-likeness (QED) is 0.684. The highest BCUT2D eigenvalue weighted by molar-refractivity contribution is 5.94. The van der Waals surface area contributed by atoms with Crippen LogP contribution in [-0.2, 0) is 4.79 Å². The van der Waals surface area contributed by atoms with E-state index in [-0.39, 0.29) is 18.4 Å². The van der Waals surface area contributed by atoms with Gasteiger partial charge in [-0.2, -0.15) is 0 Å². The number of amides is 2. The Labute approximate surface area is 147 Å². The second kappa shape index (κ2) is 9.97. The van der Waals surface area contributed by atoms with Crippen LogP contribution in [0.15, 0.2) is 54.6 Å². The zero-order valence-corrected chi connectivity index (χ0v) is 14.2. The minimum Gasteiger partial charge on any atom is -0.490 e. The van der Waals surface area contributed by atoms with Gasteiger partial charge < -0.3 is 20.1 Å². The van der Waals surface area contributed by atoms with Gasteiger partial charge in [0.15, 0.2) is 18.1 Å². The molecule has 0 aliphatic heterocycles. The van der Waals surface area contributed by atoms with Gasteiger partial charge in [-0.25, -0.2) is 0 Å². The van der Waals surface area contributed by atoms with Gasteiger partial charge in [0, 0.05) is 18.7 Å². The van der Waals surface area contributed by atoms with Crippen LogP contribution in [0.25, 0.3) is 0 Å². The molecular formula is C19H22N2O4. The number of para-hydroxylation sites is 2. The fourth-order valence-corrected chi connectivity index (χ4v) is 2.11. The van der Waals surface area contributed by atoms with Crippen molar-refractivity contribution in [2.75, 3.05) is 26.3 Å². The number of benzene rings is 2. The molecule has 2 rings (SSSR count). The van der Waals surface area contributed by atoms with E-state index in [2.05, 4.69) is 10.6 Å². The van der Waals surface area contributed by atoms with Crippen LogP contribution in [-0.4, -0.2) is 38.1 Å². The Balaban J connectivity index is 1.67. The van der Waals surface area contributed by atoms with Crippen molar-refractivity contribution < 1.29 is 19.1 Å². The number of carbonyl (C=O) groups excluding carboxylic acids is 2. The lowest BCUT2D eigenvalue weighted by atomic mass is 10.2. The molecule has 0 heterocycles. The third-order valence-corrected chi connectivity index (χ3v) is 3.28. The van der Waals surface area contributed by atoms with Crippen LogP contribution in [0.1, 0.15) is 17.3 Å². The molecule has 0 saturated carbocycles. The molecule has 6 nitrogen and oxygen atoms in total. The number of rotatable bonds is 9. The van der Waals surface area contributed by atoms with Gasteiger partial charge in [0.2, 0.25) is 0 Å². The summed E-state index contributed by atoms with van der Waals surface area (Å²) in [6.45, 7) is 2.96. The van der Waals surface area contributed by atoms with E-state index in [4.69, 9.17) is 9.47 Å². The largest absolute Gasteiger partial charge is 0.490 e. The lowest BCUT2D eigenvalue weighted by molar-refractivity contribution is -0.123. The number of hydrogen-bond donors (Lipinski definition) is 2. The summed E-state index contributed by atoms with van der Waals surface area (Å²) in [5.74, 6) is 0.696. The molecule has 0 fully saturated rings. The van der Waals surface area contributed by atoms with Crippen molar-refractivity contribution in [3.05, 3.63) is 60.2 Å². The van der Waals surface area contributed by atoms with E-state index in [1.807, 2.05) is 25.1 Å². The summed E-state index contributed by atoms with van der Waals surface area (Å²) >= 11 is 0. The van der Waals surface area contributed by atoms with Crippen molar-refractivity contribution in [2.45, 2.75) is 6.92 Å². The van der Waals surface area contributed by atoms with Crippen molar-refractivity contribution in [1.82, 2.24) is 10.6 Å². The van der Waals surface area contributed by atoms with Crippen molar-refractivity contribution in [1.29, 1.82) is 0 Å². The highest BCUT2D eigenvalue weighted by Crippen LogP contribution is 2.26. The summed E-state index contributed by atoms with van der Waals surface area (Å²) < 4.78 is 10.9. The predicted molar refractivity (Wildman–Crippen MR) is 94.9 cm³/mol. The van der Waals surface area contributed by atoms with E-state index in [0.29, 0.717) is 36.8 Å². The zero-order valence-electron chi connectivity index (χ0n) is 14.2. The Morgan fingerprint density at radius 1 is 0.840 bits per heavy atom. The van der Waals surface area contributed by atoms with E-state index >= 15 is 0 Å². The molecule has 0 saturated heterocycles. The minimum atomic E-state index is -0.264. The average Bonchev–Trinajstić information content (AvgIpc) is 2.65. The molecule has 2 amide bonds. The first-order valence-corrected chi connectivity index (χ1v) is 8.15. The third-order valence-electron chi connectivity index (χ3n) is 3.28. The van der Waals surface area contributed by atoms with Crippen molar-refractivity contribution >= 4 is 11.8 Å². The first-order chi connectivity index (χ1) is 12.2. The Morgan fingerprint density at radius 2 is 1.44 bits per heavy atom. The van der Waals surface area contributed by atoms with E-state index in [0.717, 1.165) is 0 Å². The molecule has 2 aromatic carbocycles. The summed E-state index contributed by atoms with van der Waals surface area (Å²) in [5.41, 5.74) is 0.588. The maximum Gasteiger partial charge on any atom is 0.258 e. The van der Waals surface area contributed by atoms with Gasteiger partial charge in [-0.05, 0) is 31.2 Å². The molecule has 0 spiro atoms. The molecule has 132 valence electrons. The van der Waals surface area contributed by atoms with Crippen molar-refractivity contribution in [3.8, 4) is 11.5 Å². The number of hydrogen-bond acceptors (Lipinski definition) is 4. The van der Waals surface area contributed by atoms with Gasteiger partial charge in [0.1, 0.15) is 0 Å². The van der Waals surface area contributed by atoms with Crippen LogP contribution in [0.5, 0.6) is 11.5 Å². The molecule has 0 atom stereocenters. The molecule has 0 bridgehead atoms. The number of ether oxygens (including phenoxy) is 2. The highest BCUT2D eigenvalue weighted by atomic mass is 16.5. The maximum absolute atomic E-state index is 11.8. The van der Waals surface area contributed by atoms with Gasteiger partial charge in [-0.3, -0.25) is 9.59 Å². The third kappa shape index (κ3) is 6.18. The summed E-state index contributed by atoms with van der Waals surface area (Å²) in [6, 6.07) is 16.1. The van der Waals surface area contributed by atoms with Gasteiger partial charge in [-0.15, -0.1) is 0 Å². The van der Waals surface area contributed by atoms with E-state index < -0.39 is 0 Å². The Hall–Kier alpha value is -3.02. The fourth-order valence-electron chi connectivity index (χ4n) is 2.11. The standard InChI is InChI=1S/C19H22N2O4/c1-2-24-16-10-6-7-11-17(16)25-14-18(22)20-12-13-21-19(23)15-8-4-3-5-9-15/h3-11H,2,12-14H2,1H3,(H,20,22)(H,21,23). The normalized spacial score (nSPS) is 9.96. The van der Waals surface area contributed by atoms with Crippen LogP contribution < -0.4 is 20.1 Å². The highest BCUT2D eigenvalue weighted by Gasteiger charge is 2.07. The predicted octanol–water partition coefficient (Wildman–Crippen LogP) is 2.01. The maximum atomic E-state index is 11.8. The molecule has 2 aromatic rings. The Morgan fingerprint density at radius 3 is 2.12 bits per heavy atom. The van der Waals surface area contributed by atoms with Gasteiger partial charge in [0.05, 0.1) is 6.61 Å². The molecule has 0 aromatic heterocycles. The minimum absolute atomic E-state index is 0.114. The van der Waals surface area contributed by atoms with Crippen LogP contribution >= 0.6 is 0 Å². The van der Waals surface area contributed by atoms with E-state index in [1.165, 1.54) is 0 Å². The molecule has 6 heteroatoms. The topological polar surface area (TPSA) is 76.7 Å². The smallest absolute Gasteiger partial charge is 0.258 e. The first-order valence-electron chi connectivity index (χ1n) is 8.15. The SMILES string of the molecule is CCOc1ccccc1OCC(=O)NCCNC(=O)c1ccccc1. The summed E-state index contributed by atoms with van der Waals surface area (Å²) in [4.78, 5) is 23.6. The van der Waals surface area contributed by atoms with Crippen molar-refractivity contribution in [2.24, 2.45) is 0 Å². The van der Waals surface area contributed by atoms with Crippen LogP contribution in [0.2, 0.25) is 0 Å². The summed E-state index contributed by atoms with van der Waals surface area (Å²) in [5, 5.41) is 5.43. The van der Waals surface area contributed by atoms with Gasteiger partial charge >= 0.3 is 0 Å². The fraction of sp³-hybridized carbons (Fsp3) is 0.263. The Kier molecular flexibility index (Phi) is 7.31. The molecule has 0 unspecified atom stereocenters. The molecule has 0 aliphatic rings. The zero-order chi connectivity index (χ0) is 17.9. The lowest BCUT2D eigenvalue weighted by Crippen LogP contribution is -2.36. The van der Waals surface area contributed by atoms with Gasteiger partial charge in [-0.1, -0.05) is 30.3 Å². The monoisotopic (exact) mass is 342 g/mol. The molecule has 0 radical (unpaired) electrons. The number of carbonyl (C=O) groups is 2. The first kappa shape index (κ1) is 18.3.